The van der Waals surface area contributed by atoms with Gasteiger partial charge in [-0.1, -0.05) is 146 Å². The first-order valence-electron chi connectivity index (χ1n) is 31.4. The van der Waals surface area contributed by atoms with Crippen molar-refractivity contribution < 1.29 is 71.6 Å². The molecule has 18 heteroatoms. The molecule has 0 N–H and O–H groups in total. The van der Waals surface area contributed by atoms with Crippen molar-refractivity contribution in [3.05, 3.63) is 165 Å². The zero-order chi connectivity index (χ0) is 64.8. The summed E-state index contributed by atoms with van der Waals surface area (Å²) < 4.78 is 49.4. The smallest absolute Gasteiger partial charge is 1.00 e. The number of carbonyl (C=O) groups excluding carboxylic acids is 2. The van der Waals surface area contributed by atoms with Crippen molar-refractivity contribution in [3.63, 3.8) is 0 Å². The number of esters is 1. The monoisotopic (exact) mass is 1350 g/mol. The maximum Gasteiger partial charge on any atom is 1.00 e. The number of benzene rings is 4. The van der Waals surface area contributed by atoms with Crippen LogP contribution < -0.4 is 39.4 Å². The second-order valence-corrected chi connectivity index (χ2v) is 27.1. The summed E-state index contributed by atoms with van der Waals surface area (Å²) in [4.78, 5) is 37.6. The Morgan fingerprint density at radius 3 is 1.30 bits per heavy atom. The van der Waals surface area contributed by atoms with Crippen LogP contribution in [0.2, 0.25) is 0 Å². The standard InChI is InChI=1S/C33H47N3O2.C31H43N2O2.C4H8O.C3H5Br.CH4.Na.2O2S.H/c1-7-21-36(31(37)38-32(2,3)4)30-23-28-18-19-29(24-30)35(28)22-20-33(5,26-14-10-8-11-15-26)25-34(6)27-16-12-9-13-17-27;1-30(2,3)35-29(34)22-24-20-27-16-17-28(21-24)33(27)19-18-31(4,25-12-8-6-9-13-25)23-32(5)26-14-10-7-11-15-26;1-2-4-5-3-1;1-2-3-4;;;2*1-3-2;/h7-17,28-30H,1,18-25H2,2-6H3;6-15,24,27-28H,1,16-23H2,2-5H3;1-4H2;2H,1,3H2;1H4;;;;/q;+1;;;;+1;;;-1/t28?,29?,30?,33-;24?,27?,28?,31-;;;;;;;/m11......./s1. The Labute approximate surface area is 581 Å². The average molecular weight is 1350 g/mol. The van der Waals surface area contributed by atoms with Crippen molar-refractivity contribution in [1.82, 2.24) is 14.7 Å². The number of hydrogen-bond donors (Lipinski definition) is 0. The molecule has 90 heavy (non-hydrogen) atoms. The largest absolute Gasteiger partial charge is 1.00 e. The van der Waals surface area contributed by atoms with Crippen LogP contribution in [-0.2, 0) is 53.0 Å². The van der Waals surface area contributed by atoms with Gasteiger partial charge in [-0.3, -0.25) is 14.6 Å². The van der Waals surface area contributed by atoms with Crippen molar-refractivity contribution in [2.45, 2.75) is 192 Å². The summed E-state index contributed by atoms with van der Waals surface area (Å²) in [5.74, 6) is 0.340. The molecule has 4 unspecified atom stereocenters. The predicted octanol–water partition coefficient (Wildman–Crippen LogP) is 11.9. The summed E-state index contributed by atoms with van der Waals surface area (Å²) in [6.45, 7) is 32.2. The van der Waals surface area contributed by atoms with E-state index in [-0.39, 0.29) is 67.3 Å². The molecule has 5 fully saturated rings. The maximum absolute atomic E-state index is 13.0. The van der Waals surface area contributed by atoms with Crippen LogP contribution in [0.15, 0.2) is 147 Å². The van der Waals surface area contributed by atoms with Crippen molar-refractivity contribution in [3.8, 4) is 0 Å². The molecule has 9 rings (SSSR count). The van der Waals surface area contributed by atoms with Crippen molar-refractivity contribution in [2.24, 2.45) is 5.92 Å². The van der Waals surface area contributed by atoms with E-state index in [9.17, 15) is 9.59 Å². The zero-order valence-corrected chi connectivity index (χ0v) is 60.5. The molecule has 494 valence electrons. The van der Waals surface area contributed by atoms with Gasteiger partial charge in [0.15, 0.2) is 0 Å². The van der Waals surface area contributed by atoms with E-state index in [1.165, 1.54) is 61.0 Å². The first kappa shape index (κ1) is 81.7. The number of allylic oxidation sites excluding steroid dienone is 1. The Kier molecular flexibility index (Phi) is 38.1. The van der Waals surface area contributed by atoms with Crippen LogP contribution in [0.1, 0.15) is 152 Å². The molecule has 0 aromatic heterocycles. The van der Waals surface area contributed by atoms with E-state index in [4.69, 9.17) is 31.0 Å². The number of hydrogen-bond acceptors (Lipinski definition) is 13. The van der Waals surface area contributed by atoms with Gasteiger partial charge in [-0.25, -0.2) is 4.79 Å². The SMILES string of the molecule is C.C1CCOC1.C=CCBr.C=CCN(C(=O)OC(C)(C)C)C1CC2CCC(C1)N2CC[C@](C)(CN(C)c1ccccc1)c1ccccc1.O=S=O.O=S=O.[CH2+]C(C)(C)OC(=O)CC1CC2CCC(C1)N2CC[C@](C)(CN(C)c1ccccc1)c1ccccc1.[H-].[Na+]. The minimum Gasteiger partial charge on any atom is -1.00 e. The Morgan fingerprint density at radius 2 is 0.989 bits per heavy atom. The summed E-state index contributed by atoms with van der Waals surface area (Å²) in [7, 11) is 4.41. The third kappa shape index (κ3) is 28.0. The molecule has 6 atom stereocenters. The second kappa shape index (κ2) is 42.0. The van der Waals surface area contributed by atoms with Crippen LogP contribution in [0.5, 0.6) is 0 Å². The van der Waals surface area contributed by atoms with Gasteiger partial charge in [0.05, 0.1) is 0 Å². The van der Waals surface area contributed by atoms with E-state index >= 15 is 0 Å². The number of carbonyl (C=O) groups is 2. The molecule has 4 aromatic carbocycles. The number of para-hydroxylation sites is 2. The number of likely N-dealkylation sites (N-methyl/N-ethyl adjacent to an activating group) is 2. The Hall–Kier alpha value is -4.43. The van der Waals surface area contributed by atoms with Crippen LogP contribution in [0.3, 0.4) is 0 Å². The summed E-state index contributed by atoms with van der Waals surface area (Å²) in [6.07, 6.45) is 17.9. The number of piperidine rings is 2. The Balaban J connectivity index is 0.000000724. The number of halogens is 1. The molecule has 1 amide bonds. The minimum absolute atomic E-state index is 0. The predicted molar refractivity (Wildman–Crippen MR) is 372 cm³/mol. The van der Waals surface area contributed by atoms with Crippen molar-refractivity contribution >= 4 is 62.5 Å². The van der Waals surface area contributed by atoms with Gasteiger partial charge in [-0.05, 0) is 152 Å². The van der Waals surface area contributed by atoms with E-state index in [1.54, 1.807) is 6.08 Å². The summed E-state index contributed by atoms with van der Waals surface area (Å²) in [5.41, 5.74) is 4.24. The third-order valence-corrected chi connectivity index (χ3v) is 17.8. The molecule has 5 aliphatic rings. The molecule has 4 bridgehead atoms. The van der Waals surface area contributed by atoms with Gasteiger partial charge in [-0.2, -0.15) is 16.8 Å². The number of alkyl halides is 1. The van der Waals surface area contributed by atoms with E-state index in [0.717, 1.165) is 83.2 Å². The quantitative estimate of drug-likeness (QED) is 0.0257. The number of ether oxygens (including phenoxy) is 3. The minimum atomic E-state index is -0.750. The van der Waals surface area contributed by atoms with Gasteiger partial charge in [-0.15, -0.1) is 13.2 Å². The van der Waals surface area contributed by atoms with Gasteiger partial charge < -0.3 is 30.3 Å². The van der Waals surface area contributed by atoms with Crippen LogP contribution in [0.25, 0.3) is 0 Å². The number of rotatable bonds is 21. The molecule has 4 aromatic rings. The number of nitrogens with zero attached hydrogens (tertiary/aromatic N) is 5. The van der Waals surface area contributed by atoms with Gasteiger partial charge in [0.1, 0.15) is 12.5 Å². The van der Waals surface area contributed by atoms with Crippen molar-refractivity contribution in [1.29, 1.82) is 0 Å². The van der Waals surface area contributed by atoms with Gasteiger partial charge in [0.2, 0.25) is 5.60 Å². The van der Waals surface area contributed by atoms with Crippen LogP contribution >= 0.6 is 15.9 Å². The summed E-state index contributed by atoms with van der Waals surface area (Å²) in [5, 5.41) is 0.896. The summed E-state index contributed by atoms with van der Waals surface area (Å²) >= 11 is 1.63. The fraction of sp³-hybridized carbons (Fsp3) is 0.569. The summed E-state index contributed by atoms with van der Waals surface area (Å²) in [6, 6.07) is 45.8. The van der Waals surface area contributed by atoms with E-state index in [2.05, 4.69) is 205 Å². The normalized spacial score (nSPS) is 20.9. The fourth-order valence-electron chi connectivity index (χ4n) is 13.4. The molecule has 14 nitrogen and oxygen atoms in total. The van der Waals surface area contributed by atoms with Crippen LogP contribution in [-0.4, -0.2) is 150 Å². The number of anilines is 2. The van der Waals surface area contributed by atoms with Gasteiger partial charge in [0, 0.05) is 125 Å². The third-order valence-electron chi connectivity index (χ3n) is 17.4. The van der Waals surface area contributed by atoms with E-state index < -0.39 is 34.3 Å². The topological polar surface area (TPSA) is 146 Å². The van der Waals surface area contributed by atoms with E-state index in [1.807, 2.05) is 45.6 Å². The maximum atomic E-state index is 13.0. The molecule has 5 saturated heterocycles. The van der Waals surface area contributed by atoms with Crippen LogP contribution in [0.4, 0.5) is 16.2 Å². The molecular weight excluding hydrogens is 1250 g/mol. The average Bonchev–Trinajstić information content (AvgIpc) is 1.93. The first-order valence-corrected chi connectivity index (χ1v) is 33.8. The van der Waals surface area contributed by atoms with E-state index in [0.29, 0.717) is 43.1 Å². The second-order valence-electron chi connectivity index (χ2n) is 26.2. The molecule has 0 spiro atoms. The number of amides is 1. The Morgan fingerprint density at radius 1 is 0.633 bits per heavy atom. The molecule has 5 aliphatic heterocycles. The zero-order valence-electron chi connectivity index (χ0n) is 56.2. The van der Waals surface area contributed by atoms with Gasteiger partial charge in [0.25, 0.3) is 0 Å². The molecule has 0 aliphatic carbocycles. The number of fused-ring (bicyclic) bond motifs is 4. The molecule has 5 heterocycles. The molecule has 0 radical (unpaired) electrons. The van der Waals surface area contributed by atoms with Crippen LogP contribution in [0, 0.1) is 12.8 Å². The Bertz CT molecular complexity index is 2690. The van der Waals surface area contributed by atoms with Crippen molar-refractivity contribution in [2.75, 3.05) is 75.2 Å². The van der Waals surface area contributed by atoms with Gasteiger partial charge >= 0.3 is 64.8 Å². The molecular formula is C72H108BrN5NaO9S2+. The first-order chi connectivity index (χ1) is 42.0. The molecule has 0 saturated carbocycles. The fourth-order valence-corrected chi connectivity index (χ4v) is 13.4.